The predicted octanol–water partition coefficient (Wildman–Crippen LogP) is 3.34. The normalized spacial score (nSPS) is 10.4. The molecule has 0 radical (unpaired) electrons. The van der Waals surface area contributed by atoms with Crippen molar-refractivity contribution in [2.45, 2.75) is 5.92 Å². The van der Waals surface area contributed by atoms with E-state index in [0.29, 0.717) is 11.3 Å². The van der Waals surface area contributed by atoms with Crippen molar-refractivity contribution in [3.63, 3.8) is 0 Å². The van der Waals surface area contributed by atoms with Gasteiger partial charge in [-0.3, -0.25) is 14.2 Å². The molecule has 3 rings (SSSR count). The molecule has 128 valence electrons. The molecule has 0 aliphatic rings. The Morgan fingerprint density at radius 3 is 2.40 bits per heavy atom. The summed E-state index contributed by atoms with van der Waals surface area (Å²) in [7, 11) is 0. The number of fused-ring (bicyclic) bond motifs is 1. The van der Waals surface area contributed by atoms with Crippen molar-refractivity contribution in [3.8, 4) is 5.69 Å². The van der Waals surface area contributed by atoms with Crippen molar-refractivity contribution in [2.24, 2.45) is 0 Å². The number of imidazole rings is 1. The van der Waals surface area contributed by atoms with Crippen LogP contribution in [-0.2, 0) is 9.59 Å². The Morgan fingerprint density at radius 1 is 1.08 bits per heavy atom. The molecule has 2 N–H and O–H groups in total. The summed E-state index contributed by atoms with van der Waals surface area (Å²) in [5.41, 5.74) is 2.88. The largest absolute Gasteiger partial charge is 0.480 e. The molecule has 0 bridgehead atoms. The number of carboxylic acids is 2. The van der Waals surface area contributed by atoms with Gasteiger partial charge in [-0.2, -0.15) is 0 Å². The Labute approximate surface area is 149 Å². The molecular weight excluding hydrogens is 344 g/mol. The first-order valence-corrected chi connectivity index (χ1v) is 7.18. The van der Waals surface area contributed by atoms with Crippen LogP contribution < -0.4 is 0 Å². The number of halogens is 1. The van der Waals surface area contributed by atoms with Crippen LogP contribution in [0.5, 0.6) is 0 Å². The Balaban J connectivity index is 0.00000225. The molecule has 1 heterocycles. The summed E-state index contributed by atoms with van der Waals surface area (Å²) >= 11 is 0. The highest BCUT2D eigenvalue weighted by atomic mass is 35.5. The zero-order valence-electron chi connectivity index (χ0n) is 13.0. The molecule has 1 aromatic heterocycles. The van der Waals surface area contributed by atoms with Gasteiger partial charge in [0.2, 0.25) is 0 Å². The van der Waals surface area contributed by atoms with E-state index in [0.717, 1.165) is 11.0 Å². The van der Waals surface area contributed by atoms with Gasteiger partial charge in [0.05, 0.1) is 16.7 Å². The molecule has 0 fully saturated rings. The quantitative estimate of drug-likeness (QED) is 0.682. The van der Waals surface area contributed by atoms with E-state index in [1.54, 1.807) is 23.0 Å². The van der Waals surface area contributed by atoms with Crippen molar-refractivity contribution in [3.05, 3.63) is 66.5 Å². The van der Waals surface area contributed by atoms with E-state index in [9.17, 15) is 19.8 Å². The minimum absolute atomic E-state index is 0. The molecule has 25 heavy (non-hydrogen) atoms. The molecule has 0 atom stereocenters. The van der Waals surface area contributed by atoms with Crippen molar-refractivity contribution < 1.29 is 19.8 Å². The maximum atomic E-state index is 11.4. The van der Waals surface area contributed by atoms with E-state index in [1.807, 2.05) is 24.3 Å². The fourth-order valence-corrected chi connectivity index (χ4v) is 2.78. The van der Waals surface area contributed by atoms with E-state index in [2.05, 4.69) is 11.6 Å². The number of nitrogens with zero attached hydrogens (tertiary/aromatic N) is 2. The highest BCUT2D eigenvalue weighted by Gasteiger charge is 2.30. The zero-order chi connectivity index (χ0) is 17.3. The maximum absolute atomic E-state index is 11.4. The highest BCUT2D eigenvalue weighted by molar-refractivity contribution is 6.00. The molecule has 0 amide bonds. The fraction of sp³-hybridized carbons (Fsp3) is 0.0556. The van der Waals surface area contributed by atoms with Crippen LogP contribution in [0, 0.1) is 0 Å². The molecule has 2 aromatic carbocycles. The number of para-hydroxylation sites is 2. The molecule has 0 saturated heterocycles. The monoisotopic (exact) mass is 358 g/mol. The molecule has 3 aromatic rings. The Morgan fingerprint density at radius 2 is 1.76 bits per heavy atom. The molecular formula is C18H15ClN2O4. The number of carbonyl (C=O) groups is 2. The fourth-order valence-electron chi connectivity index (χ4n) is 2.78. The number of rotatable bonds is 5. The lowest BCUT2D eigenvalue weighted by molar-refractivity contribution is -0.150. The topological polar surface area (TPSA) is 92.4 Å². The Bertz CT molecular complexity index is 951. The summed E-state index contributed by atoms with van der Waals surface area (Å²) in [4.78, 5) is 27.1. The maximum Gasteiger partial charge on any atom is 0.322 e. The van der Waals surface area contributed by atoms with Gasteiger partial charge in [0.25, 0.3) is 0 Å². The number of aromatic nitrogens is 2. The molecule has 7 heteroatoms. The first-order valence-electron chi connectivity index (χ1n) is 7.18. The van der Waals surface area contributed by atoms with Crippen LogP contribution in [-0.4, -0.2) is 31.7 Å². The third-order valence-electron chi connectivity index (χ3n) is 3.84. The van der Waals surface area contributed by atoms with Crippen LogP contribution in [0.15, 0.2) is 55.4 Å². The third-order valence-corrected chi connectivity index (χ3v) is 3.84. The van der Waals surface area contributed by atoms with Crippen molar-refractivity contribution in [1.29, 1.82) is 0 Å². The average Bonchev–Trinajstić information content (AvgIpc) is 2.98. The molecule has 6 nitrogen and oxygen atoms in total. The van der Waals surface area contributed by atoms with Crippen molar-refractivity contribution in [1.82, 2.24) is 9.55 Å². The minimum atomic E-state index is -1.66. The summed E-state index contributed by atoms with van der Waals surface area (Å²) in [6, 6.07) is 12.4. The lowest BCUT2D eigenvalue weighted by Crippen LogP contribution is -2.22. The summed E-state index contributed by atoms with van der Waals surface area (Å²) < 4.78 is 1.79. The van der Waals surface area contributed by atoms with Gasteiger partial charge in [-0.25, -0.2) is 4.98 Å². The van der Waals surface area contributed by atoms with Crippen LogP contribution in [0.3, 0.4) is 0 Å². The molecule has 0 saturated carbocycles. The van der Waals surface area contributed by atoms with Crippen molar-refractivity contribution in [2.75, 3.05) is 0 Å². The number of hydrogen-bond donors (Lipinski definition) is 2. The van der Waals surface area contributed by atoms with Gasteiger partial charge in [-0.1, -0.05) is 36.9 Å². The number of carboxylic acid groups (broad SMARTS) is 2. The van der Waals surface area contributed by atoms with Crippen molar-refractivity contribution >= 4 is 41.5 Å². The van der Waals surface area contributed by atoms with Crippen LogP contribution in [0.25, 0.3) is 22.8 Å². The van der Waals surface area contributed by atoms with Crippen LogP contribution in [0.2, 0.25) is 0 Å². The van der Waals surface area contributed by atoms with Gasteiger partial charge in [0, 0.05) is 5.56 Å². The molecule has 0 unspecified atom stereocenters. The minimum Gasteiger partial charge on any atom is -0.480 e. The number of hydrogen-bond acceptors (Lipinski definition) is 3. The van der Waals surface area contributed by atoms with Crippen LogP contribution >= 0.6 is 12.4 Å². The second-order valence-corrected chi connectivity index (χ2v) is 5.20. The van der Waals surface area contributed by atoms with E-state index in [1.165, 1.54) is 12.1 Å². The number of aliphatic carboxylic acids is 2. The predicted molar refractivity (Wildman–Crippen MR) is 96.4 cm³/mol. The highest BCUT2D eigenvalue weighted by Crippen LogP contribution is 2.29. The molecule has 0 spiro atoms. The third kappa shape index (κ3) is 3.12. The Hall–Kier alpha value is -3.12. The van der Waals surface area contributed by atoms with Gasteiger partial charge in [-0.15, -0.1) is 12.4 Å². The smallest absolute Gasteiger partial charge is 0.322 e. The second-order valence-electron chi connectivity index (χ2n) is 5.20. The van der Waals surface area contributed by atoms with Gasteiger partial charge >= 0.3 is 11.9 Å². The summed E-state index contributed by atoms with van der Waals surface area (Å²) in [6.07, 6.45) is 3.09. The number of benzene rings is 2. The van der Waals surface area contributed by atoms with E-state index in [4.69, 9.17) is 0 Å². The summed E-state index contributed by atoms with van der Waals surface area (Å²) in [6.45, 7) is 3.72. The summed E-state index contributed by atoms with van der Waals surface area (Å²) in [5.74, 6) is -4.50. The Kier molecular flexibility index (Phi) is 5.24. The van der Waals surface area contributed by atoms with Crippen LogP contribution in [0.1, 0.15) is 17.0 Å². The zero-order valence-corrected chi connectivity index (χ0v) is 13.8. The second kappa shape index (κ2) is 7.19. The average molecular weight is 359 g/mol. The van der Waals surface area contributed by atoms with Gasteiger partial charge in [-0.05, 0) is 23.8 Å². The molecule has 0 aliphatic carbocycles. The summed E-state index contributed by atoms with van der Waals surface area (Å²) in [5, 5.41) is 18.6. The first-order chi connectivity index (χ1) is 11.5. The lowest BCUT2D eigenvalue weighted by Gasteiger charge is -2.16. The molecule has 0 aliphatic heterocycles. The first kappa shape index (κ1) is 18.2. The van der Waals surface area contributed by atoms with Gasteiger partial charge in [0.1, 0.15) is 6.33 Å². The lowest BCUT2D eigenvalue weighted by atomic mass is 9.93. The SMILES string of the molecule is C=Cc1c(C(C(=O)O)C(=O)O)cccc1-n1cnc2ccccc21.Cl. The van der Waals surface area contributed by atoms with Gasteiger partial charge in [0.15, 0.2) is 5.92 Å². The van der Waals surface area contributed by atoms with E-state index in [-0.39, 0.29) is 18.0 Å². The van der Waals surface area contributed by atoms with E-state index < -0.39 is 17.9 Å². The standard InChI is InChI=1S/C18H14N2O4.ClH/c1-2-11-12(16(17(21)22)18(23)24)6-5-9-14(11)20-10-19-13-7-3-4-8-15(13)20;/h2-10,16H,1H2,(H,21,22)(H,23,24);1H. The van der Waals surface area contributed by atoms with E-state index >= 15 is 0 Å². The van der Waals surface area contributed by atoms with Crippen LogP contribution in [0.4, 0.5) is 0 Å². The van der Waals surface area contributed by atoms with Gasteiger partial charge < -0.3 is 10.2 Å².